The van der Waals surface area contributed by atoms with Crippen LogP contribution in [-0.2, 0) is 4.79 Å². The number of thiocarbonyl (C=S) groups is 1. The molecule has 0 saturated carbocycles. The van der Waals surface area contributed by atoms with E-state index in [4.69, 9.17) is 21.7 Å². The van der Waals surface area contributed by atoms with Gasteiger partial charge in [0.15, 0.2) is 11.7 Å². The number of aryl methyl sites for hydroxylation is 1. The fourth-order valence-electron chi connectivity index (χ4n) is 2.53. The maximum absolute atomic E-state index is 12.1. The van der Waals surface area contributed by atoms with Crippen molar-refractivity contribution in [2.24, 2.45) is 5.18 Å². The summed E-state index contributed by atoms with van der Waals surface area (Å²) in [4.78, 5) is 23.0. The van der Waals surface area contributed by atoms with Crippen molar-refractivity contribution in [3.05, 3.63) is 52.4 Å². The van der Waals surface area contributed by atoms with Gasteiger partial charge in [-0.25, -0.2) is 0 Å². The average Bonchev–Trinajstić information content (AvgIpc) is 2.70. The molecule has 2 rings (SSSR count). The van der Waals surface area contributed by atoms with Crippen LogP contribution in [0.25, 0.3) is 0 Å². The summed E-state index contributed by atoms with van der Waals surface area (Å²) in [5.41, 5.74) is 7.65. The first-order valence-corrected chi connectivity index (χ1v) is 9.35. The summed E-state index contributed by atoms with van der Waals surface area (Å²) >= 11 is 5.15. The number of nitrogens with one attached hydrogen (secondary N) is 3. The van der Waals surface area contributed by atoms with Crippen LogP contribution in [0.5, 0.6) is 11.5 Å². The minimum Gasteiger partial charge on any atom is -0.497 e. The largest absolute Gasteiger partial charge is 0.497 e. The highest BCUT2D eigenvalue weighted by molar-refractivity contribution is 7.80. The number of carbonyl (C=O) groups excluding carboxylic acids is 1. The van der Waals surface area contributed by atoms with Crippen LogP contribution >= 0.6 is 12.2 Å². The zero-order chi connectivity index (χ0) is 21.4. The number of methoxy groups -OCH3 is 1. The fraction of sp³-hybridized carbons (Fsp3) is 0.300. The molecule has 2 aromatic carbocycles. The van der Waals surface area contributed by atoms with E-state index in [1.54, 1.807) is 32.2 Å². The van der Waals surface area contributed by atoms with Crippen molar-refractivity contribution >= 4 is 34.6 Å². The smallest absolute Gasteiger partial charge is 0.276 e. The molecule has 0 spiro atoms. The molecule has 0 aliphatic heterocycles. The first kappa shape index (κ1) is 22.1. The summed E-state index contributed by atoms with van der Waals surface area (Å²) in [5.74, 6) is 0.913. The first-order valence-electron chi connectivity index (χ1n) is 8.94. The molecule has 0 aliphatic carbocycles. The topological polar surface area (TPSA) is 101 Å². The number of ether oxygens (including phenoxy) is 2. The van der Waals surface area contributed by atoms with Crippen LogP contribution in [0.2, 0.25) is 0 Å². The lowest BCUT2D eigenvalue weighted by Gasteiger charge is -2.16. The second kappa shape index (κ2) is 10.4. The number of amides is 1. The Hall–Kier alpha value is -3.20. The van der Waals surface area contributed by atoms with Crippen LogP contribution in [0.15, 0.2) is 41.6 Å². The van der Waals surface area contributed by atoms with Gasteiger partial charge in [0.05, 0.1) is 7.11 Å². The van der Waals surface area contributed by atoms with Gasteiger partial charge in [-0.1, -0.05) is 19.9 Å². The molecule has 29 heavy (non-hydrogen) atoms. The van der Waals surface area contributed by atoms with Crippen molar-refractivity contribution in [1.29, 1.82) is 0 Å². The van der Waals surface area contributed by atoms with Gasteiger partial charge in [-0.15, -0.1) is 4.91 Å². The van der Waals surface area contributed by atoms with E-state index in [1.807, 2.05) is 32.0 Å². The van der Waals surface area contributed by atoms with E-state index in [1.165, 1.54) is 0 Å². The molecule has 0 atom stereocenters. The monoisotopic (exact) mass is 416 g/mol. The van der Waals surface area contributed by atoms with Gasteiger partial charge in [0.25, 0.3) is 5.91 Å². The lowest BCUT2D eigenvalue weighted by molar-refractivity contribution is -0.123. The van der Waals surface area contributed by atoms with Crippen molar-refractivity contribution < 1.29 is 14.3 Å². The SMILES string of the molecule is COc1cccc(NC(=S)NNC(=O)COc2cc(C)c(N=O)cc2C(C)C)c1. The van der Waals surface area contributed by atoms with Crippen LogP contribution in [0.3, 0.4) is 0 Å². The highest BCUT2D eigenvalue weighted by Crippen LogP contribution is 2.33. The molecule has 8 nitrogen and oxygen atoms in total. The van der Waals surface area contributed by atoms with Gasteiger partial charge in [-0.05, 0) is 65.6 Å². The number of hydrogen-bond acceptors (Lipinski definition) is 6. The van der Waals surface area contributed by atoms with E-state index in [0.29, 0.717) is 28.4 Å². The number of hydrazine groups is 1. The second-order valence-corrected chi connectivity index (χ2v) is 6.98. The average molecular weight is 417 g/mol. The maximum atomic E-state index is 12.1. The molecular formula is C20H24N4O4S. The molecular weight excluding hydrogens is 392 g/mol. The maximum Gasteiger partial charge on any atom is 0.276 e. The molecule has 0 aliphatic rings. The van der Waals surface area contributed by atoms with Gasteiger partial charge in [0, 0.05) is 11.8 Å². The fourth-order valence-corrected chi connectivity index (χ4v) is 2.70. The van der Waals surface area contributed by atoms with Crippen molar-refractivity contribution in [1.82, 2.24) is 10.9 Å². The molecule has 0 fully saturated rings. The number of rotatable bonds is 7. The number of nitroso groups, excluding NO2 is 1. The van der Waals surface area contributed by atoms with Crippen molar-refractivity contribution in [3.63, 3.8) is 0 Å². The predicted octanol–water partition coefficient (Wildman–Crippen LogP) is 3.92. The Balaban J connectivity index is 1.89. The molecule has 9 heteroatoms. The number of benzene rings is 2. The minimum atomic E-state index is -0.412. The van der Waals surface area contributed by atoms with Gasteiger partial charge in [0.2, 0.25) is 0 Å². The first-order chi connectivity index (χ1) is 13.8. The Kier molecular flexibility index (Phi) is 7.90. The molecule has 0 aromatic heterocycles. The Labute approximate surface area is 174 Å². The van der Waals surface area contributed by atoms with E-state index in [0.717, 1.165) is 5.56 Å². The summed E-state index contributed by atoms with van der Waals surface area (Å²) < 4.78 is 10.8. The minimum absolute atomic E-state index is 0.104. The number of anilines is 1. The summed E-state index contributed by atoms with van der Waals surface area (Å²) in [6.07, 6.45) is 0. The van der Waals surface area contributed by atoms with Gasteiger partial charge in [-0.3, -0.25) is 15.6 Å². The zero-order valence-electron chi connectivity index (χ0n) is 16.7. The van der Waals surface area contributed by atoms with Crippen molar-refractivity contribution in [3.8, 4) is 11.5 Å². The van der Waals surface area contributed by atoms with Gasteiger partial charge < -0.3 is 14.8 Å². The summed E-state index contributed by atoms with van der Waals surface area (Å²) in [7, 11) is 1.57. The standard InChI is InChI=1S/C20H24N4O4S/c1-12(2)16-10-17(24-26)13(3)8-18(16)28-11-19(25)22-23-20(29)21-14-6-5-7-15(9-14)27-4/h5-10,12H,11H2,1-4H3,(H,22,25)(H2,21,23,29). The van der Waals surface area contributed by atoms with Crippen LogP contribution in [0.1, 0.15) is 30.9 Å². The van der Waals surface area contributed by atoms with Crippen LogP contribution in [0, 0.1) is 11.8 Å². The van der Waals surface area contributed by atoms with Crippen LogP contribution in [0.4, 0.5) is 11.4 Å². The molecule has 0 bridgehead atoms. The quantitative estimate of drug-likeness (QED) is 0.357. The van der Waals surface area contributed by atoms with Gasteiger partial charge in [-0.2, -0.15) is 0 Å². The van der Waals surface area contributed by atoms with Crippen molar-refractivity contribution in [2.75, 3.05) is 19.0 Å². The van der Waals surface area contributed by atoms with Crippen LogP contribution < -0.4 is 25.6 Å². The number of nitrogens with zero attached hydrogens (tertiary/aromatic N) is 1. The molecule has 0 saturated heterocycles. The Morgan fingerprint density at radius 1 is 1.21 bits per heavy atom. The number of hydrogen-bond donors (Lipinski definition) is 3. The van der Waals surface area contributed by atoms with Crippen LogP contribution in [-0.4, -0.2) is 24.7 Å². The van der Waals surface area contributed by atoms with Gasteiger partial charge >= 0.3 is 0 Å². The molecule has 3 N–H and O–H groups in total. The summed E-state index contributed by atoms with van der Waals surface area (Å²) in [5, 5.41) is 6.17. The zero-order valence-corrected chi connectivity index (χ0v) is 17.6. The molecule has 2 aromatic rings. The van der Waals surface area contributed by atoms with E-state index in [-0.39, 0.29) is 17.6 Å². The van der Waals surface area contributed by atoms with Gasteiger partial charge in [0.1, 0.15) is 17.2 Å². The summed E-state index contributed by atoms with van der Waals surface area (Å²) in [6, 6.07) is 10.6. The number of carbonyl (C=O) groups is 1. The van der Waals surface area contributed by atoms with E-state index >= 15 is 0 Å². The third-order valence-electron chi connectivity index (χ3n) is 4.05. The third kappa shape index (κ3) is 6.42. The highest BCUT2D eigenvalue weighted by Gasteiger charge is 2.14. The van der Waals surface area contributed by atoms with Crippen molar-refractivity contribution in [2.45, 2.75) is 26.7 Å². The molecule has 0 heterocycles. The highest BCUT2D eigenvalue weighted by atomic mass is 32.1. The molecule has 154 valence electrons. The summed E-state index contributed by atoms with van der Waals surface area (Å²) in [6.45, 7) is 5.48. The normalized spacial score (nSPS) is 10.2. The predicted molar refractivity (Wildman–Crippen MR) is 117 cm³/mol. The molecule has 0 unspecified atom stereocenters. The Morgan fingerprint density at radius 3 is 2.62 bits per heavy atom. The lowest BCUT2D eigenvalue weighted by Crippen LogP contribution is -2.45. The second-order valence-electron chi connectivity index (χ2n) is 6.57. The van der Waals surface area contributed by atoms with E-state index in [9.17, 15) is 9.70 Å². The third-order valence-corrected chi connectivity index (χ3v) is 4.25. The Morgan fingerprint density at radius 2 is 1.97 bits per heavy atom. The lowest BCUT2D eigenvalue weighted by atomic mass is 9.99. The van der Waals surface area contributed by atoms with E-state index < -0.39 is 5.91 Å². The Bertz CT molecular complexity index is 902. The van der Waals surface area contributed by atoms with E-state index in [2.05, 4.69) is 21.3 Å². The molecule has 0 radical (unpaired) electrons. The molecule has 1 amide bonds.